The molecule has 0 N–H and O–H groups in total. The molecule has 1 amide bonds. The summed E-state index contributed by atoms with van der Waals surface area (Å²) in [5, 5.41) is 0. The maximum absolute atomic E-state index is 15.6. The third kappa shape index (κ3) is 3.45. The van der Waals surface area contributed by atoms with Gasteiger partial charge in [-0.15, -0.1) is 0 Å². The Morgan fingerprint density at radius 1 is 1.06 bits per heavy atom. The highest BCUT2D eigenvalue weighted by atomic mass is 79.9. The van der Waals surface area contributed by atoms with Gasteiger partial charge in [0.05, 0.1) is 6.04 Å². The zero-order valence-electron chi connectivity index (χ0n) is 18.6. The molecule has 4 aromatic rings. The minimum atomic E-state index is -0.551. The second-order valence-electron chi connectivity index (χ2n) is 9.13. The molecule has 1 aliphatic carbocycles. The molecule has 1 atom stereocenters. The molecule has 34 heavy (non-hydrogen) atoms. The fourth-order valence-corrected chi connectivity index (χ4v) is 5.38. The molecule has 2 aromatic carbocycles. The Morgan fingerprint density at radius 2 is 1.85 bits per heavy atom. The van der Waals surface area contributed by atoms with Crippen molar-refractivity contribution in [1.82, 2.24) is 14.3 Å². The van der Waals surface area contributed by atoms with Gasteiger partial charge in [0.2, 0.25) is 5.95 Å². The Kier molecular flexibility index (Phi) is 5.06. The zero-order valence-corrected chi connectivity index (χ0v) is 20.1. The molecule has 3 heterocycles. The van der Waals surface area contributed by atoms with E-state index in [-0.39, 0.29) is 29.0 Å². The van der Waals surface area contributed by atoms with E-state index in [0.717, 1.165) is 30.5 Å². The summed E-state index contributed by atoms with van der Waals surface area (Å²) < 4.78 is 32.3. The van der Waals surface area contributed by atoms with E-state index in [9.17, 15) is 9.18 Å². The summed E-state index contributed by atoms with van der Waals surface area (Å²) in [6.07, 6.45) is 2.65. The average Bonchev–Trinajstić information content (AvgIpc) is 3.62. The van der Waals surface area contributed by atoms with Crippen molar-refractivity contribution in [2.45, 2.75) is 38.1 Å². The van der Waals surface area contributed by atoms with E-state index >= 15 is 4.39 Å². The standard InChI is InChI=1S/C27H22BrF2N3O/c1-15-19-5-3-2-4-16(19)10-11-32(15)27(34)23-14-24(17-6-7-17)33-25(31-23)13-21(26(33)30)20-9-8-18(28)12-22(20)29/h2-5,8-9,12-15,17H,6-7,10-11H2,1H3/t15-/m1/s1. The number of benzene rings is 2. The van der Waals surface area contributed by atoms with Gasteiger partial charge in [0.15, 0.2) is 0 Å². The molecule has 1 fully saturated rings. The molecule has 1 aliphatic heterocycles. The molecular weight excluding hydrogens is 500 g/mol. The lowest BCUT2D eigenvalue weighted by atomic mass is 9.93. The van der Waals surface area contributed by atoms with Gasteiger partial charge in [0.1, 0.15) is 17.2 Å². The number of carbonyl (C=O) groups is 1. The highest BCUT2D eigenvalue weighted by molar-refractivity contribution is 9.10. The zero-order chi connectivity index (χ0) is 23.6. The first-order chi connectivity index (χ1) is 16.4. The predicted octanol–water partition coefficient (Wildman–Crippen LogP) is 6.68. The highest BCUT2D eigenvalue weighted by Crippen LogP contribution is 2.42. The van der Waals surface area contributed by atoms with Gasteiger partial charge < -0.3 is 4.90 Å². The number of carbonyl (C=O) groups excluding carboxylic acids is 1. The van der Waals surface area contributed by atoms with Crippen LogP contribution in [0.3, 0.4) is 0 Å². The minimum Gasteiger partial charge on any atom is -0.330 e. The largest absolute Gasteiger partial charge is 0.330 e. The van der Waals surface area contributed by atoms with Crippen molar-refractivity contribution in [2.75, 3.05) is 6.54 Å². The summed E-state index contributed by atoms with van der Waals surface area (Å²) in [5.74, 6) is -1.07. The van der Waals surface area contributed by atoms with Gasteiger partial charge in [-0.1, -0.05) is 46.3 Å². The summed E-state index contributed by atoms with van der Waals surface area (Å²) in [5.41, 5.74) is 4.07. The fourth-order valence-electron chi connectivity index (χ4n) is 5.04. The molecule has 172 valence electrons. The van der Waals surface area contributed by atoms with Gasteiger partial charge in [-0.3, -0.25) is 9.20 Å². The Hall–Kier alpha value is -3.06. The van der Waals surface area contributed by atoms with Gasteiger partial charge in [-0.05, 0) is 67.5 Å². The molecule has 0 saturated heterocycles. The first kappa shape index (κ1) is 21.5. The third-order valence-corrected chi connectivity index (χ3v) is 7.48. The summed E-state index contributed by atoms with van der Waals surface area (Å²) in [7, 11) is 0. The predicted molar refractivity (Wildman–Crippen MR) is 130 cm³/mol. The van der Waals surface area contributed by atoms with Gasteiger partial charge >= 0.3 is 0 Å². The number of rotatable bonds is 3. The van der Waals surface area contributed by atoms with Crippen LogP contribution in [0.5, 0.6) is 0 Å². The molecule has 6 rings (SSSR count). The first-order valence-corrected chi connectivity index (χ1v) is 12.3. The summed E-state index contributed by atoms with van der Waals surface area (Å²) in [6, 6.07) is 15.9. The van der Waals surface area contributed by atoms with Crippen LogP contribution in [0.25, 0.3) is 16.8 Å². The van der Waals surface area contributed by atoms with Crippen molar-refractivity contribution in [2.24, 2.45) is 0 Å². The van der Waals surface area contributed by atoms with Crippen molar-refractivity contribution in [3.8, 4) is 11.1 Å². The topological polar surface area (TPSA) is 37.6 Å². The van der Waals surface area contributed by atoms with Gasteiger partial charge in [-0.25, -0.2) is 9.37 Å². The molecule has 0 bridgehead atoms. The van der Waals surface area contributed by atoms with E-state index in [4.69, 9.17) is 0 Å². The Bertz CT molecular complexity index is 1460. The van der Waals surface area contributed by atoms with E-state index in [2.05, 4.69) is 33.0 Å². The average molecular weight is 522 g/mol. The second kappa shape index (κ2) is 8.01. The maximum Gasteiger partial charge on any atom is 0.273 e. The molecule has 2 aromatic heterocycles. The monoisotopic (exact) mass is 521 g/mol. The highest BCUT2D eigenvalue weighted by Gasteiger charge is 2.33. The van der Waals surface area contributed by atoms with E-state index < -0.39 is 11.8 Å². The number of hydrogen-bond donors (Lipinski definition) is 0. The smallest absolute Gasteiger partial charge is 0.273 e. The number of nitrogens with zero attached hydrogens (tertiary/aromatic N) is 3. The van der Waals surface area contributed by atoms with Crippen molar-refractivity contribution >= 4 is 27.5 Å². The van der Waals surface area contributed by atoms with Crippen LogP contribution in [-0.4, -0.2) is 26.7 Å². The third-order valence-electron chi connectivity index (χ3n) is 6.99. The molecule has 7 heteroatoms. The van der Waals surface area contributed by atoms with Crippen LogP contribution < -0.4 is 0 Å². The SMILES string of the molecule is C[C@@H]1c2ccccc2CCN1C(=O)c1cc(C2CC2)n2c(F)c(-c3ccc(Br)cc3F)cc2n1. The molecule has 2 aliphatic rings. The van der Waals surface area contributed by atoms with Crippen LogP contribution in [0.2, 0.25) is 0 Å². The van der Waals surface area contributed by atoms with E-state index in [0.29, 0.717) is 22.4 Å². The normalized spacial score (nSPS) is 17.8. The maximum atomic E-state index is 15.6. The number of halogens is 3. The minimum absolute atomic E-state index is 0.0733. The van der Waals surface area contributed by atoms with Crippen molar-refractivity contribution < 1.29 is 13.6 Å². The quantitative estimate of drug-likeness (QED) is 0.301. The van der Waals surface area contributed by atoms with Crippen LogP contribution >= 0.6 is 15.9 Å². The molecule has 0 radical (unpaired) electrons. The van der Waals surface area contributed by atoms with E-state index in [1.54, 1.807) is 24.3 Å². The molecule has 0 unspecified atom stereocenters. The van der Waals surface area contributed by atoms with Gasteiger partial charge in [-0.2, -0.15) is 4.39 Å². The Labute approximate surface area is 204 Å². The summed E-state index contributed by atoms with van der Waals surface area (Å²) in [4.78, 5) is 20.0. The first-order valence-electron chi connectivity index (χ1n) is 11.5. The second-order valence-corrected chi connectivity index (χ2v) is 10.0. The van der Waals surface area contributed by atoms with Crippen LogP contribution in [-0.2, 0) is 6.42 Å². The molecule has 1 saturated carbocycles. The van der Waals surface area contributed by atoms with Gasteiger partial charge in [0.25, 0.3) is 5.91 Å². The van der Waals surface area contributed by atoms with Crippen LogP contribution in [0.4, 0.5) is 8.78 Å². The molecule has 0 spiro atoms. The summed E-state index contributed by atoms with van der Waals surface area (Å²) >= 11 is 3.25. The number of aromatic nitrogens is 2. The van der Waals surface area contributed by atoms with Gasteiger partial charge in [0, 0.05) is 27.8 Å². The van der Waals surface area contributed by atoms with Crippen molar-refractivity contribution in [3.05, 3.63) is 93.3 Å². The van der Waals surface area contributed by atoms with Crippen LogP contribution in [0.15, 0.2) is 59.1 Å². The summed E-state index contributed by atoms with van der Waals surface area (Å²) in [6.45, 7) is 2.63. The van der Waals surface area contributed by atoms with E-state index in [1.807, 2.05) is 24.0 Å². The Morgan fingerprint density at radius 3 is 2.62 bits per heavy atom. The lowest BCUT2D eigenvalue weighted by molar-refractivity contribution is 0.0671. The van der Waals surface area contributed by atoms with Crippen molar-refractivity contribution in [3.63, 3.8) is 0 Å². The number of fused-ring (bicyclic) bond motifs is 2. The van der Waals surface area contributed by atoms with Crippen LogP contribution in [0.1, 0.15) is 59.0 Å². The molecule has 4 nitrogen and oxygen atoms in total. The van der Waals surface area contributed by atoms with Crippen LogP contribution in [0, 0.1) is 11.8 Å². The number of hydrogen-bond acceptors (Lipinski definition) is 2. The fraction of sp³-hybridized carbons (Fsp3) is 0.259. The van der Waals surface area contributed by atoms with E-state index in [1.165, 1.54) is 16.0 Å². The lowest BCUT2D eigenvalue weighted by Crippen LogP contribution is -2.39. The Balaban J connectivity index is 1.45. The lowest BCUT2D eigenvalue weighted by Gasteiger charge is -2.35. The molecular formula is C27H22BrF2N3O. The number of amides is 1. The van der Waals surface area contributed by atoms with Crippen molar-refractivity contribution in [1.29, 1.82) is 0 Å².